The highest BCUT2D eigenvalue weighted by atomic mass is 16.7. The number of benzene rings is 1. The van der Waals surface area contributed by atoms with E-state index in [0.717, 1.165) is 5.56 Å². The van der Waals surface area contributed by atoms with E-state index in [1.54, 1.807) is 5.06 Å². The number of rotatable bonds is 5. The summed E-state index contributed by atoms with van der Waals surface area (Å²) in [5.41, 5.74) is 0.954. The first-order valence-corrected chi connectivity index (χ1v) is 6.11. The van der Waals surface area contributed by atoms with Gasteiger partial charge in [0.2, 0.25) is 0 Å². The third-order valence-corrected chi connectivity index (χ3v) is 3.33. The second-order valence-corrected chi connectivity index (χ2v) is 4.48. The minimum atomic E-state index is -0.396. The van der Waals surface area contributed by atoms with Gasteiger partial charge in [-0.05, 0) is 5.56 Å². The molecule has 100 valence electrons. The van der Waals surface area contributed by atoms with E-state index in [9.17, 15) is 15.3 Å². The van der Waals surface area contributed by atoms with Crippen LogP contribution >= 0.6 is 0 Å². The Morgan fingerprint density at radius 2 is 1.89 bits per heavy atom. The number of aliphatic hydroxyl groups excluding tert-OH is 3. The van der Waals surface area contributed by atoms with Crippen LogP contribution in [0.2, 0.25) is 0 Å². The number of aliphatic hydroxyl groups is 3. The topological polar surface area (TPSA) is 73.2 Å². The summed E-state index contributed by atoms with van der Waals surface area (Å²) >= 11 is 0. The van der Waals surface area contributed by atoms with Crippen molar-refractivity contribution in [1.29, 1.82) is 0 Å². The van der Waals surface area contributed by atoms with Crippen LogP contribution in [0.3, 0.4) is 0 Å². The van der Waals surface area contributed by atoms with Gasteiger partial charge in [-0.25, -0.2) is 0 Å². The SMILES string of the molecule is OC[C@@H]1CN([C@@H](CO)c2ccccc2)O[C@@H]1CO. The molecule has 0 unspecified atom stereocenters. The molecule has 0 bridgehead atoms. The van der Waals surface area contributed by atoms with Gasteiger partial charge in [0.1, 0.15) is 6.10 Å². The van der Waals surface area contributed by atoms with E-state index in [1.807, 2.05) is 30.3 Å². The molecule has 1 aromatic rings. The van der Waals surface area contributed by atoms with Crippen molar-refractivity contribution in [1.82, 2.24) is 5.06 Å². The maximum absolute atomic E-state index is 9.51. The van der Waals surface area contributed by atoms with E-state index in [4.69, 9.17) is 4.84 Å². The molecule has 3 atom stereocenters. The highest BCUT2D eigenvalue weighted by Crippen LogP contribution is 2.29. The van der Waals surface area contributed by atoms with Gasteiger partial charge < -0.3 is 15.3 Å². The summed E-state index contributed by atoms with van der Waals surface area (Å²) in [6, 6.07) is 9.30. The maximum Gasteiger partial charge on any atom is 0.109 e. The monoisotopic (exact) mass is 253 g/mol. The van der Waals surface area contributed by atoms with Gasteiger partial charge >= 0.3 is 0 Å². The number of nitrogens with zero attached hydrogens (tertiary/aromatic N) is 1. The van der Waals surface area contributed by atoms with Crippen molar-refractivity contribution >= 4 is 0 Å². The van der Waals surface area contributed by atoms with Crippen LogP contribution in [0.25, 0.3) is 0 Å². The standard InChI is InChI=1S/C13H19NO4/c15-7-11-6-14(18-13(11)9-17)12(8-16)10-4-2-1-3-5-10/h1-5,11-13,15-17H,6-9H2/t11-,12-,13+/m0/s1. The Labute approximate surface area is 106 Å². The largest absolute Gasteiger partial charge is 0.396 e. The molecule has 18 heavy (non-hydrogen) atoms. The molecule has 0 radical (unpaired) electrons. The summed E-state index contributed by atoms with van der Waals surface area (Å²) in [5.74, 6) is -0.118. The fourth-order valence-corrected chi connectivity index (χ4v) is 2.25. The molecule has 5 nitrogen and oxygen atoms in total. The summed E-state index contributed by atoms with van der Waals surface area (Å²) in [6.45, 7) is 0.269. The number of hydroxylamine groups is 2. The van der Waals surface area contributed by atoms with Crippen molar-refractivity contribution in [2.75, 3.05) is 26.4 Å². The fraction of sp³-hybridized carbons (Fsp3) is 0.538. The Kier molecular flexibility index (Phi) is 4.68. The summed E-state index contributed by atoms with van der Waals surface area (Å²) < 4.78 is 0. The van der Waals surface area contributed by atoms with Crippen molar-refractivity contribution in [3.63, 3.8) is 0 Å². The second-order valence-electron chi connectivity index (χ2n) is 4.48. The van der Waals surface area contributed by atoms with E-state index in [1.165, 1.54) is 0 Å². The molecular weight excluding hydrogens is 234 g/mol. The third-order valence-electron chi connectivity index (χ3n) is 3.33. The first kappa shape index (κ1) is 13.5. The molecule has 0 aromatic heterocycles. The Bertz CT molecular complexity index is 347. The van der Waals surface area contributed by atoms with E-state index >= 15 is 0 Å². The molecule has 1 aliphatic rings. The molecule has 1 aliphatic heterocycles. The second kappa shape index (κ2) is 6.26. The lowest BCUT2D eigenvalue weighted by Gasteiger charge is -2.25. The molecule has 1 saturated heterocycles. The highest BCUT2D eigenvalue weighted by Gasteiger charge is 2.37. The van der Waals surface area contributed by atoms with E-state index < -0.39 is 6.10 Å². The number of hydrogen-bond donors (Lipinski definition) is 3. The summed E-state index contributed by atoms with van der Waals surface area (Å²) in [6.07, 6.45) is -0.396. The maximum atomic E-state index is 9.51. The molecule has 3 N–H and O–H groups in total. The molecule has 0 saturated carbocycles. The first-order valence-electron chi connectivity index (χ1n) is 6.11. The van der Waals surface area contributed by atoms with Crippen molar-refractivity contribution in [3.05, 3.63) is 35.9 Å². The van der Waals surface area contributed by atoms with Gasteiger partial charge in [-0.15, -0.1) is 0 Å². The first-order chi connectivity index (χ1) is 8.80. The van der Waals surface area contributed by atoms with Gasteiger partial charge in [-0.2, -0.15) is 5.06 Å². The van der Waals surface area contributed by atoms with Gasteiger partial charge in [0.05, 0.1) is 19.3 Å². The predicted molar refractivity (Wildman–Crippen MR) is 65.5 cm³/mol. The molecule has 5 heteroatoms. The Morgan fingerprint density at radius 1 is 1.17 bits per heavy atom. The predicted octanol–water partition coefficient (Wildman–Crippen LogP) is -0.0634. The Balaban J connectivity index is 2.11. The minimum absolute atomic E-state index is 0.0331. The molecule has 1 aromatic carbocycles. The van der Waals surface area contributed by atoms with Gasteiger partial charge in [-0.1, -0.05) is 30.3 Å². The van der Waals surface area contributed by atoms with Gasteiger partial charge in [0.25, 0.3) is 0 Å². The average Bonchev–Trinajstić information content (AvgIpc) is 2.84. The smallest absolute Gasteiger partial charge is 0.109 e. The van der Waals surface area contributed by atoms with Gasteiger partial charge in [0, 0.05) is 19.1 Å². The third kappa shape index (κ3) is 2.71. The Morgan fingerprint density at radius 3 is 2.39 bits per heavy atom. The normalized spacial score (nSPS) is 26.4. The van der Waals surface area contributed by atoms with Crippen LogP contribution in [0.5, 0.6) is 0 Å². The minimum Gasteiger partial charge on any atom is -0.396 e. The van der Waals surface area contributed by atoms with Gasteiger partial charge in [0.15, 0.2) is 0 Å². The Hall–Kier alpha value is -0.980. The van der Waals surface area contributed by atoms with E-state index in [2.05, 4.69) is 0 Å². The highest BCUT2D eigenvalue weighted by molar-refractivity contribution is 5.19. The van der Waals surface area contributed by atoms with Crippen LogP contribution in [-0.2, 0) is 4.84 Å². The molecule has 1 heterocycles. The molecule has 2 rings (SSSR count). The lowest BCUT2D eigenvalue weighted by molar-refractivity contribution is -0.190. The van der Waals surface area contributed by atoms with Gasteiger partial charge in [-0.3, -0.25) is 4.84 Å². The molecule has 0 amide bonds. The van der Waals surface area contributed by atoms with Crippen molar-refractivity contribution < 1.29 is 20.2 Å². The zero-order chi connectivity index (χ0) is 13.0. The van der Waals surface area contributed by atoms with Crippen LogP contribution in [-0.4, -0.2) is 52.9 Å². The van der Waals surface area contributed by atoms with Crippen LogP contribution < -0.4 is 0 Å². The molecular formula is C13H19NO4. The van der Waals surface area contributed by atoms with Crippen molar-refractivity contribution in [2.45, 2.75) is 12.1 Å². The van der Waals surface area contributed by atoms with Crippen molar-refractivity contribution in [3.8, 4) is 0 Å². The molecule has 0 spiro atoms. The van der Waals surface area contributed by atoms with Crippen LogP contribution in [0.4, 0.5) is 0 Å². The van der Waals surface area contributed by atoms with E-state index in [0.29, 0.717) is 6.54 Å². The van der Waals surface area contributed by atoms with Crippen molar-refractivity contribution in [2.24, 2.45) is 5.92 Å². The molecule has 1 fully saturated rings. The molecule has 0 aliphatic carbocycles. The zero-order valence-electron chi connectivity index (χ0n) is 10.1. The zero-order valence-corrected chi connectivity index (χ0v) is 10.1. The summed E-state index contributed by atoms with van der Waals surface area (Å²) in [4.78, 5) is 5.58. The van der Waals surface area contributed by atoms with Crippen LogP contribution in [0.1, 0.15) is 11.6 Å². The lowest BCUT2D eigenvalue weighted by atomic mass is 10.0. The quantitative estimate of drug-likeness (QED) is 0.685. The lowest BCUT2D eigenvalue weighted by Crippen LogP contribution is -2.28. The van der Waals surface area contributed by atoms with Crippen LogP contribution in [0, 0.1) is 5.92 Å². The fourth-order valence-electron chi connectivity index (χ4n) is 2.25. The number of hydrogen-bond acceptors (Lipinski definition) is 5. The van der Waals surface area contributed by atoms with E-state index in [-0.39, 0.29) is 31.8 Å². The van der Waals surface area contributed by atoms with Crippen LogP contribution in [0.15, 0.2) is 30.3 Å². The summed E-state index contributed by atoms with van der Waals surface area (Å²) in [7, 11) is 0. The average molecular weight is 253 g/mol. The summed E-state index contributed by atoms with van der Waals surface area (Å²) in [5, 5.41) is 29.6.